The molecule has 0 radical (unpaired) electrons. The zero-order chi connectivity index (χ0) is 18.7. The van der Waals surface area contributed by atoms with Crippen molar-refractivity contribution in [2.24, 2.45) is 0 Å². The van der Waals surface area contributed by atoms with E-state index in [1.807, 2.05) is 13.8 Å². The molecule has 0 bridgehead atoms. The molecule has 0 amide bonds. The zero-order valence-corrected chi connectivity index (χ0v) is 14.7. The minimum atomic E-state index is -4.44. The van der Waals surface area contributed by atoms with Gasteiger partial charge in [-0.1, -0.05) is 30.3 Å². The van der Waals surface area contributed by atoms with E-state index in [-0.39, 0.29) is 17.6 Å². The van der Waals surface area contributed by atoms with Crippen LogP contribution in [0.5, 0.6) is 5.75 Å². The third-order valence-electron chi connectivity index (χ3n) is 3.38. The van der Waals surface area contributed by atoms with Crippen molar-refractivity contribution in [1.82, 2.24) is 0 Å². The summed E-state index contributed by atoms with van der Waals surface area (Å²) in [6.07, 6.45) is -4.54. The number of sulfone groups is 1. The molecule has 2 rings (SSSR count). The molecule has 0 saturated heterocycles. The number of para-hydroxylation sites is 1. The van der Waals surface area contributed by atoms with Gasteiger partial charge in [0.1, 0.15) is 5.75 Å². The molecule has 0 heterocycles. The summed E-state index contributed by atoms with van der Waals surface area (Å²) < 4.78 is 68.1. The van der Waals surface area contributed by atoms with Gasteiger partial charge in [0.25, 0.3) is 0 Å². The zero-order valence-electron chi connectivity index (χ0n) is 13.9. The van der Waals surface area contributed by atoms with E-state index < -0.39 is 21.6 Å². The minimum Gasteiger partial charge on any atom is -0.491 e. The first-order valence-electron chi connectivity index (χ1n) is 7.68. The minimum absolute atomic E-state index is 0.0984. The third-order valence-corrected chi connectivity index (χ3v) is 4.90. The van der Waals surface area contributed by atoms with Crippen LogP contribution in [0, 0.1) is 0 Å². The molecule has 0 aromatic heterocycles. The van der Waals surface area contributed by atoms with Crippen molar-refractivity contribution >= 4 is 9.84 Å². The van der Waals surface area contributed by atoms with E-state index in [1.165, 1.54) is 12.1 Å². The number of benzene rings is 2. The largest absolute Gasteiger partial charge is 0.491 e. The highest BCUT2D eigenvalue weighted by molar-refractivity contribution is 7.89. The van der Waals surface area contributed by atoms with E-state index in [4.69, 9.17) is 4.74 Å². The summed E-state index contributed by atoms with van der Waals surface area (Å²) in [5, 5.41) is 0. The lowest BCUT2D eigenvalue weighted by atomic mass is 10.1. The molecule has 0 aliphatic heterocycles. The standard InChI is InChI=1S/C18H19F3O3S/c1-13(2)24-17-6-4-3-5-15(17)12-25(22,23)11-14-7-9-16(10-8-14)18(19,20)21/h3-10,13H,11-12H2,1-2H3. The molecule has 0 spiro atoms. The molecule has 3 nitrogen and oxygen atoms in total. The fourth-order valence-electron chi connectivity index (χ4n) is 2.32. The van der Waals surface area contributed by atoms with Crippen molar-refractivity contribution in [3.05, 3.63) is 65.2 Å². The van der Waals surface area contributed by atoms with Gasteiger partial charge in [0.05, 0.1) is 23.2 Å². The van der Waals surface area contributed by atoms with Gasteiger partial charge in [0.15, 0.2) is 9.84 Å². The highest BCUT2D eigenvalue weighted by Gasteiger charge is 2.30. The van der Waals surface area contributed by atoms with Crippen LogP contribution in [0.25, 0.3) is 0 Å². The highest BCUT2D eigenvalue weighted by Crippen LogP contribution is 2.29. The van der Waals surface area contributed by atoms with E-state index in [0.29, 0.717) is 16.9 Å². The Hall–Kier alpha value is -2.02. The summed E-state index contributed by atoms with van der Waals surface area (Å²) in [6.45, 7) is 3.68. The second-order valence-corrected chi connectivity index (χ2v) is 8.07. The van der Waals surface area contributed by atoms with Gasteiger partial charge in [0, 0.05) is 5.56 Å². The van der Waals surface area contributed by atoms with Crippen molar-refractivity contribution < 1.29 is 26.3 Å². The molecule has 0 N–H and O–H groups in total. The van der Waals surface area contributed by atoms with Crippen LogP contribution < -0.4 is 4.74 Å². The first-order valence-corrected chi connectivity index (χ1v) is 9.50. The summed E-state index contributed by atoms with van der Waals surface area (Å²) in [7, 11) is -3.56. The van der Waals surface area contributed by atoms with Crippen LogP contribution in [-0.4, -0.2) is 14.5 Å². The number of rotatable bonds is 6. The summed E-state index contributed by atoms with van der Waals surface area (Å²) >= 11 is 0. The van der Waals surface area contributed by atoms with Crippen molar-refractivity contribution in [3.8, 4) is 5.75 Å². The molecule has 136 valence electrons. The Kier molecular flexibility index (Phi) is 5.77. The molecule has 0 unspecified atom stereocenters. The topological polar surface area (TPSA) is 43.4 Å². The number of hydrogen-bond donors (Lipinski definition) is 0. The third kappa shape index (κ3) is 5.77. The summed E-state index contributed by atoms with van der Waals surface area (Å²) in [6, 6.07) is 11.0. The highest BCUT2D eigenvalue weighted by atomic mass is 32.2. The van der Waals surface area contributed by atoms with Crippen molar-refractivity contribution in [2.75, 3.05) is 0 Å². The number of halogens is 3. The van der Waals surface area contributed by atoms with Crippen LogP contribution in [0.2, 0.25) is 0 Å². The predicted octanol–water partition coefficient (Wildman–Crippen LogP) is 4.61. The molecular weight excluding hydrogens is 353 g/mol. The van der Waals surface area contributed by atoms with Gasteiger partial charge < -0.3 is 4.74 Å². The fraction of sp³-hybridized carbons (Fsp3) is 0.333. The first kappa shape index (κ1) is 19.3. The Bertz CT molecular complexity index is 810. The van der Waals surface area contributed by atoms with Gasteiger partial charge in [-0.15, -0.1) is 0 Å². The van der Waals surface area contributed by atoms with Gasteiger partial charge in [-0.3, -0.25) is 0 Å². The van der Waals surface area contributed by atoms with Gasteiger partial charge in [-0.25, -0.2) is 8.42 Å². The molecule has 0 aliphatic rings. The lowest BCUT2D eigenvalue weighted by Crippen LogP contribution is -2.12. The summed E-state index contributed by atoms with van der Waals surface area (Å²) in [5.41, 5.74) is 0.0442. The Balaban J connectivity index is 2.15. The second kappa shape index (κ2) is 7.47. The molecular formula is C18H19F3O3S. The monoisotopic (exact) mass is 372 g/mol. The average Bonchev–Trinajstić information content (AvgIpc) is 2.47. The van der Waals surface area contributed by atoms with Crippen molar-refractivity contribution in [3.63, 3.8) is 0 Å². The van der Waals surface area contributed by atoms with Gasteiger partial charge in [0.2, 0.25) is 0 Å². The molecule has 2 aromatic carbocycles. The smallest absolute Gasteiger partial charge is 0.416 e. The maximum absolute atomic E-state index is 12.6. The molecule has 0 aliphatic carbocycles. The Labute approximate surface area is 145 Å². The van der Waals surface area contributed by atoms with Crippen LogP contribution in [0.1, 0.15) is 30.5 Å². The maximum Gasteiger partial charge on any atom is 0.416 e. The maximum atomic E-state index is 12.6. The predicted molar refractivity (Wildman–Crippen MR) is 90.0 cm³/mol. The lowest BCUT2D eigenvalue weighted by Gasteiger charge is -2.14. The van der Waals surface area contributed by atoms with Crippen LogP contribution in [0.3, 0.4) is 0 Å². The van der Waals surface area contributed by atoms with Gasteiger partial charge in [-0.2, -0.15) is 13.2 Å². The Morgan fingerprint density at radius 2 is 1.56 bits per heavy atom. The fourth-order valence-corrected chi connectivity index (χ4v) is 3.84. The van der Waals surface area contributed by atoms with Gasteiger partial charge in [-0.05, 0) is 37.6 Å². The molecule has 25 heavy (non-hydrogen) atoms. The second-order valence-electron chi connectivity index (χ2n) is 6.00. The number of alkyl halides is 3. The van der Waals surface area contributed by atoms with Crippen molar-refractivity contribution in [2.45, 2.75) is 37.6 Å². The molecule has 2 aromatic rings. The van der Waals surface area contributed by atoms with Crippen LogP contribution in [0.15, 0.2) is 48.5 Å². The van der Waals surface area contributed by atoms with E-state index >= 15 is 0 Å². The average molecular weight is 372 g/mol. The van der Waals surface area contributed by atoms with Crippen molar-refractivity contribution in [1.29, 1.82) is 0 Å². The molecule has 0 fully saturated rings. The molecule has 0 saturated carbocycles. The van der Waals surface area contributed by atoms with Gasteiger partial charge >= 0.3 is 6.18 Å². The summed E-state index contributed by atoms with van der Waals surface area (Å²) in [5.74, 6) is -0.0774. The molecule has 0 atom stereocenters. The number of hydrogen-bond acceptors (Lipinski definition) is 3. The Morgan fingerprint density at radius 3 is 2.12 bits per heavy atom. The first-order chi connectivity index (χ1) is 11.6. The van der Waals surface area contributed by atoms with E-state index in [0.717, 1.165) is 12.1 Å². The quantitative estimate of drug-likeness (QED) is 0.744. The van der Waals surface area contributed by atoms with E-state index in [1.54, 1.807) is 24.3 Å². The van der Waals surface area contributed by atoms with Crippen LogP contribution in [-0.2, 0) is 27.5 Å². The normalized spacial score (nSPS) is 12.4. The van der Waals surface area contributed by atoms with E-state index in [2.05, 4.69) is 0 Å². The Morgan fingerprint density at radius 1 is 0.960 bits per heavy atom. The number of ether oxygens (including phenoxy) is 1. The summed E-state index contributed by atoms with van der Waals surface area (Å²) in [4.78, 5) is 0. The molecule has 7 heteroatoms. The van der Waals surface area contributed by atoms with E-state index in [9.17, 15) is 21.6 Å². The van der Waals surface area contributed by atoms with Crippen LogP contribution >= 0.6 is 0 Å². The lowest BCUT2D eigenvalue weighted by molar-refractivity contribution is -0.137. The van der Waals surface area contributed by atoms with Crippen LogP contribution in [0.4, 0.5) is 13.2 Å². The SMILES string of the molecule is CC(C)Oc1ccccc1CS(=O)(=O)Cc1ccc(C(F)(F)F)cc1.